The number of nitrogen functional groups attached to an aromatic ring is 1. The largest absolute Gasteiger partial charge is 0.397 e. The van der Waals surface area contributed by atoms with Gasteiger partial charge in [-0.2, -0.15) is 0 Å². The lowest BCUT2D eigenvalue weighted by molar-refractivity contribution is 0.0956. The number of hydrogen-bond acceptors (Lipinski definition) is 3. The summed E-state index contributed by atoms with van der Waals surface area (Å²) in [6, 6.07) is 10.6. The molecular formula is C15H15BrClN3O. The Morgan fingerprint density at radius 2 is 2.05 bits per heavy atom. The molecule has 0 aromatic heterocycles. The van der Waals surface area contributed by atoms with Crippen molar-refractivity contribution in [1.82, 2.24) is 5.32 Å². The maximum Gasteiger partial charge on any atom is 0.251 e. The third-order valence-corrected chi connectivity index (χ3v) is 4.07. The van der Waals surface area contributed by atoms with Crippen LogP contribution in [0.15, 0.2) is 40.9 Å². The number of hydrogen-bond donors (Lipinski definition) is 3. The third-order valence-electron chi connectivity index (χ3n) is 2.85. The van der Waals surface area contributed by atoms with Crippen molar-refractivity contribution in [1.29, 1.82) is 0 Å². The van der Waals surface area contributed by atoms with Gasteiger partial charge < -0.3 is 16.4 Å². The van der Waals surface area contributed by atoms with E-state index in [0.29, 0.717) is 28.5 Å². The predicted molar refractivity (Wildman–Crippen MR) is 91.3 cm³/mol. The fourth-order valence-corrected chi connectivity index (χ4v) is 2.29. The summed E-state index contributed by atoms with van der Waals surface area (Å²) in [5.74, 6) is -0.127. The van der Waals surface area contributed by atoms with E-state index < -0.39 is 0 Å². The van der Waals surface area contributed by atoms with E-state index in [1.165, 1.54) is 0 Å². The van der Waals surface area contributed by atoms with Gasteiger partial charge in [-0.3, -0.25) is 4.79 Å². The number of halogens is 2. The second-order valence-electron chi connectivity index (χ2n) is 4.42. The summed E-state index contributed by atoms with van der Waals surface area (Å²) in [4.78, 5) is 11.9. The second-order valence-corrected chi connectivity index (χ2v) is 5.68. The highest BCUT2D eigenvalue weighted by Crippen LogP contribution is 2.29. The molecule has 0 aliphatic rings. The number of nitrogens with two attached hydrogens (primary N) is 1. The van der Waals surface area contributed by atoms with Crippen LogP contribution in [-0.2, 0) is 0 Å². The highest BCUT2D eigenvalue weighted by Gasteiger charge is 2.08. The first-order valence-corrected chi connectivity index (χ1v) is 7.58. The number of carbonyl (C=O) groups is 1. The Balaban J connectivity index is 2.28. The standard InChI is InChI=1S/C15H15BrClN3O/c1-2-19-15(21)9-3-6-13(18)14(7-9)20-10-4-5-12(17)11(16)8-10/h3-8,20H,2,18H2,1H3,(H,19,21). The van der Waals surface area contributed by atoms with Gasteiger partial charge in [0.2, 0.25) is 0 Å². The van der Waals surface area contributed by atoms with E-state index in [0.717, 1.165) is 10.2 Å². The lowest BCUT2D eigenvalue weighted by Gasteiger charge is -2.12. The molecule has 21 heavy (non-hydrogen) atoms. The van der Waals surface area contributed by atoms with E-state index >= 15 is 0 Å². The van der Waals surface area contributed by atoms with Crippen LogP contribution in [0.4, 0.5) is 17.1 Å². The molecular weight excluding hydrogens is 354 g/mol. The van der Waals surface area contributed by atoms with Crippen LogP contribution in [-0.4, -0.2) is 12.5 Å². The minimum absolute atomic E-state index is 0.127. The summed E-state index contributed by atoms with van der Waals surface area (Å²) in [5, 5.41) is 6.57. The Morgan fingerprint density at radius 3 is 2.71 bits per heavy atom. The van der Waals surface area contributed by atoms with Crippen LogP contribution in [0.1, 0.15) is 17.3 Å². The molecule has 4 nitrogen and oxygen atoms in total. The summed E-state index contributed by atoms with van der Waals surface area (Å²) in [6.45, 7) is 2.45. The van der Waals surface area contributed by atoms with Crippen molar-refractivity contribution < 1.29 is 4.79 Å². The Labute approximate surface area is 136 Å². The van der Waals surface area contributed by atoms with Crippen molar-refractivity contribution in [2.24, 2.45) is 0 Å². The average Bonchev–Trinajstić information content (AvgIpc) is 2.45. The average molecular weight is 369 g/mol. The molecule has 6 heteroatoms. The molecule has 110 valence electrons. The van der Waals surface area contributed by atoms with Crippen molar-refractivity contribution in [3.8, 4) is 0 Å². The monoisotopic (exact) mass is 367 g/mol. The third kappa shape index (κ3) is 3.89. The molecule has 2 rings (SSSR count). The van der Waals surface area contributed by atoms with E-state index in [1.807, 2.05) is 19.1 Å². The Morgan fingerprint density at radius 1 is 1.29 bits per heavy atom. The van der Waals surface area contributed by atoms with Gasteiger partial charge in [0.25, 0.3) is 5.91 Å². The lowest BCUT2D eigenvalue weighted by atomic mass is 10.1. The summed E-state index contributed by atoms with van der Waals surface area (Å²) >= 11 is 9.33. The van der Waals surface area contributed by atoms with E-state index in [-0.39, 0.29) is 5.91 Å². The number of benzene rings is 2. The number of carbonyl (C=O) groups excluding carboxylic acids is 1. The molecule has 0 spiro atoms. The molecule has 0 aliphatic heterocycles. The molecule has 4 N–H and O–H groups in total. The Bertz CT molecular complexity index is 676. The smallest absolute Gasteiger partial charge is 0.251 e. The highest BCUT2D eigenvalue weighted by atomic mass is 79.9. The summed E-state index contributed by atoms with van der Waals surface area (Å²) in [6.07, 6.45) is 0. The molecule has 0 saturated heterocycles. The van der Waals surface area contributed by atoms with Gasteiger partial charge in [0.15, 0.2) is 0 Å². The molecule has 1 amide bonds. The van der Waals surface area contributed by atoms with Gasteiger partial charge in [-0.15, -0.1) is 0 Å². The minimum atomic E-state index is -0.127. The summed E-state index contributed by atoms with van der Waals surface area (Å²) < 4.78 is 0.785. The van der Waals surface area contributed by atoms with Crippen LogP contribution >= 0.6 is 27.5 Å². The molecule has 0 fully saturated rings. The number of nitrogens with one attached hydrogen (secondary N) is 2. The number of amides is 1. The van der Waals surface area contributed by atoms with Crippen LogP contribution in [0.5, 0.6) is 0 Å². The van der Waals surface area contributed by atoms with Crippen LogP contribution in [0.25, 0.3) is 0 Å². The number of anilines is 3. The van der Waals surface area contributed by atoms with Crippen molar-refractivity contribution in [3.63, 3.8) is 0 Å². The van der Waals surface area contributed by atoms with Crippen molar-refractivity contribution in [2.75, 3.05) is 17.6 Å². The zero-order valence-corrected chi connectivity index (χ0v) is 13.8. The Kier molecular flexibility index (Phi) is 5.09. The first-order chi connectivity index (χ1) is 10.0. The van der Waals surface area contributed by atoms with Crippen LogP contribution in [0.2, 0.25) is 5.02 Å². The van der Waals surface area contributed by atoms with Crippen LogP contribution in [0, 0.1) is 0 Å². The van der Waals surface area contributed by atoms with E-state index in [4.69, 9.17) is 17.3 Å². The first kappa shape index (κ1) is 15.7. The van der Waals surface area contributed by atoms with Crippen molar-refractivity contribution in [3.05, 3.63) is 51.5 Å². The molecule has 0 saturated carbocycles. The zero-order valence-electron chi connectivity index (χ0n) is 11.4. The minimum Gasteiger partial charge on any atom is -0.397 e. The van der Waals surface area contributed by atoms with Gasteiger partial charge in [0, 0.05) is 22.3 Å². The summed E-state index contributed by atoms with van der Waals surface area (Å²) in [7, 11) is 0. The topological polar surface area (TPSA) is 67.2 Å². The highest BCUT2D eigenvalue weighted by molar-refractivity contribution is 9.10. The zero-order chi connectivity index (χ0) is 15.4. The van der Waals surface area contributed by atoms with Gasteiger partial charge in [0.1, 0.15) is 0 Å². The quantitative estimate of drug-likeness (QED) is 0.709. The fourth-order valence-electron chi connectivity index (χ4n) is 1.80. The Hall–Kier alpha value is -1.72. The molecule has 0 radical (unpaired) electrons. The normalized spacial score (nSPS) is 10.2. The predicted octanol–water partition coefficient (Wildman–Crippen LogP) is 4.18. The van der Waals surface area contributed by atoms with Crippen LogP contribution in [0.3, 0.4) is 0 Å². The van der Waals surface area contributed by atoms with E-state index in [2.05, 4.69) is 26.6 Å². The maximum absolute atomic E-state index is 11.9. The van der Waals surface area contributed by atoms with E-state index in [9.17, 15) is 4.79 Å². The fraction of sp³-hybridized carbons (Fsp3) is 0.133. The molecule has 0 unspecified atom stereocenters. The molecule has 0 aliphatic carbocycles. The molecule has 0 heterocycles. The molecule has 0 atom stereocenters. The van der Waals surface area contributed by atoms with Crippen molar-refractivity contribution in [2.45, 2.75) is 6.92 Å². The molecule has 0 bridgehead atoms. The van der Waals surface area contributed by atoms with Gasteiger partial charge in [-0.05, 0) is 59.3 Å². The SMILES string of the molecule is CCNC(=O)c1ccc(N)c(Nc2ccc(Cl)c(Br)c2)c1. The van der Waals surface area contributed by atoms with Gasteiger partial charge in [0.05, 0.1) is 16.4 Å². The van der Waals surface area contributed by atoms with Gasteiger partial charge in [-0.1, -0.05) is 11.6 Å². The maximum atomic E-state index is 11.9. The van der Waals surface area contributed by atoms with E-state index in [1.54, 1.807) is 24.3 Å². The van der Waals surface area contributed by atoms with Crippen LogP contribution < -0.4 is 16.4 Å². The second kappa shape index (κ2) is 6.83. The van der Waals surface area contributed by atoms with Gasteiger partial charge in [-0.25, -0.2) is 0 Å². The summed E-state index contributed by atoms with van der Waals surface area (Å²) in [5.41, 5.74) is 8.57. The van der Waals surface area contributed by atoms with Gasteiger partial charge >= 0.3 is 0 Å². The number of rotatable bonds is 4. The first-order valence-electron chi connectivity index (χ1n) is 6.41. The molecule has 2 aromatic carbocycles. The van der Waals surface area contributed by atoms with Crippen molar-refractivity contribution >= 4 is 50.5 Å². The lowest BCUT2D eigenvalue weighted by Crippen LogP contribution is -2.22. The molecule has 2 aromatic rings.